The molecule has 0 saturated carbocycles. The number of quaternary nitrogens is 1. The Hall–Kier alpha value is -1.86. The molecular formula is C18H28N3O+. The van der Waals surface area contributed by atoms with Gasteiger partial charge in [0, 0.05) is 5.69 Å². The van der Waals surface area contributed by atoms with E-state index in [4.69, 9.17) is 5.26 Å². The average Bonchev–Trinajstić information content (AvgIpc) is 2.52. The Bertz CT molecular complexity index is 551. The summed E-state index contributed by atoms with van der Waals surface area (Å²) < 4.78 is 0.778. The molecule has 0 radical (unpaired) electrons. The highest BCUT2D eigenvalue weighted by Gasteiger charge is 2.34. The van der Waals surface area contributed by atoms with Crippen molar-refractivity contribution in [3.8, 4) is 6.07 Å². The van der Waals surface area contributed by atoms with E-state index in [-0.39, 0.29) is 11.9 Å². The summed E-state index contributed by atoms with van der Waals surface area (Å²) >= 11 is 0. The van der Waals surface area contributed by atoms with Gasteiger partial charge in [-0.2, -0.15) is 5.26 Å². The number of likely N-dealkylation sites (N-methyl/N-ethyl adjacent to an activating group) is 1. The Morgan fingerprint density at radius 2 is 1.64 bits per heavy atom. The molecular weight excluding hydrogens is 274 g/mol. The number of aryl methyl sites for hydroxylation is 2. The van der Waals surface area contributed by atoms with Crippen molar-refractivity contribution in [1.82, 2.24) is 0 Å². The molecule has 0 spiro atoms. The third kappa shape index (κ3) is 3.48. The van der Waals surface area contributed by atoms with E-state index in [0.29, 0.717) is 5.56 Å². The van der Waals surface area contributed by atoms with Crippen molar-refractivity contribution in [2.45, 2.75) is 47.6 Å². The summed E-state index contributed by atoms with van der Waals surface area (Å²) in [6.45, 7) is 15.1. The number of anilines is 1. The Labute approximate surface area is 134 Å². The van der Waals surface area contributed by atoms with Crippen LogP contribution in [0.15, 0.2) is 12.1 Å². The Kier molecular flexibility index (Phi) is 6.13. The molecule has 0 aliphatic rings. The highest BCUT2D eigenvalue weighted by molar-refractivity contribution is 5.95. The van der Waals surface area contributed by atoms with Crippen molar-refractivity contribution in [3.63, 3.8) is 0 Å². The van der Waals surface area contributed by atoms with Gasteiger partial charge in [-0.05, 0) is 64.8 Å². The molecule has 0 aromatic heterocycles. The van der Waals surface area contributed by atoms with Crippen molar-refractivity contribution >= 4 is 11.6 Å². The molecule has 0 heterocycles. The fraction of sp³-hybridized carbons (Fsp3) is 0.556. The molecule has 4 heteroatoms. The minimum atomic E-state index is -0.102. The summed E-state index contributed by atoms with van der Waals surface area (Å²) in [7, 11) is 0. The first-order valence-corrected chi connectivity index (χ1v) is 8.03. The molecule has 1 unspecified atom stereocenters. The lowest BCUT2D eigenvalue weighted by Crippen LogP contribution is -2.58. The number of benzene rings is 1. The van der Waals surface area contributed by atoms with Crippen molar-refractivity contribution in [1.29, 1.82) is 5.26 Å². The third-order valence-electron chi connectivity index (χ3n) is 5.00. The van der Waals surface area contributed by atoms with Crippen LogP contribution in [0.4, 0.5) is 5.69 Å². The zero-order valence-corrected chi connectivity index (χ0v) is 14.7. The van der Waals surface area contributed by atoms with E-state index in [9.17, 15) is 4.79 Å². The van der Waals surface area contributed by atoms with Crippen LogP contribution in [-0.2, 0) is 4.79 Å². The molecule has 0 fully saturated rings. The predicted octanol–water partition coefficient (Wildman–Crippen LogP) is 3.38. The fourth-order valence-corrected chi connectivity index (χ4v) is 3.19. The maximum atomic E-state index is 12.7. The number of hydrogen-bond acceptors (Lipinski definition) is 2. The smallest absolute Gasteiger partial charge is 0.282 e. The highest BCUT2D eigenvalue weighted by Crippen LogP contribution is 2.23. The molecule has 1 amide bonds. The molecule has 1 N–H and O–H groups in total. The van der Waals surface area contributed by atoms with Crippen molar-refractivity contribution < 1.29 is 9.28 Å². The minimum absolute atomic E-state index is 0.0430. The quantitative estimate of drug-likeness (QED) is 0.819. The summed E-state index contributed by atoms with van der Waals surface area (Å²) in [5, 5.41) is 12.1. The molecule has 0 saturated heterocycles. The first kappa shape index (κ1) is 18.2. The van der Waals surface area contributed by atoms with Crippen LogP contribution in [-0.4, -0.2) is 36.1 Å². The van der Waals surface area contributed by atoms with Gasteiger partial charge in [0.2, 0.25) is 0 Å². The standard InChI is InChI=1S/C18H27N3O/c1-7-21(8-2,9-3)15(6)18(22)20-17-13(4)10-16(12-19)11-14(17)5/h10-11,15H,7-9H2,1-6H3/p+1. The molecule has 1 aromatic carbocycles. The lowest BCUT2D eigenvalue weighted by atomic mass is 10.0. The summed E-state index contributed by atoms with van der Waals surface area (Å²) in [5.41, 5.74) is 3.32. The topological polar surface area (TPSA) is 52.9 Å². The van der Waals surface area contributed by atoms with Crippen LogP contribution in [0.2, 0.25) is 0 Å². The molecule has 1 rings (SSSR count). The number of carbonyl (C=O) groups excluding carboxylic acids is 1. The monoisotopic (exact) mass is 302 g/mol. The van der Waals surface area contributed by atoms with Crippen LogP contribution >= 0.6 is 0 Å². The van der Waals surface area contributed by atoms with Gasteiger partial charge in [0.15, 0.2) is 6.04 Å². The first-order valence-electron chi connectivity index (χ1n) is 8.03. The van der Waals surface area contributed by atoms with Crippen molar-refractivity contribution in [2.24, 2.45) is 0 Å². The van der Waals surface area contributed by atoms with E-state index in [1.165, 1.54) is 0 Å². The van der Waals surface area contributed by atoms with Gasteiger partial charge in [-0.25, -0.2) is 0 Å². The van der Waals surface area contributed by atoms with Gasteiger partial charge in [0.25, 0.3) is 5.91 Å². The molecule has 0 aliphatic heterocycles. The summed E-state index contributed by atoms with van der Waals surface area (Å²) in [4.78, 5) is 12.7. The summed E-state index contributed by atoms with van der Waals surface area (Å²) in [6, 6.07) is 5.67. The second kappa shape index (κ2) is 7.42. The summed E-state index contributed by atoms with van der Waals surface area (Å²) in [5.74, 6) is 0.0430. The summed E-state index contributed by atoms with van der Waals surface area (Å²) in [6.07, 6.45) is 0. The molecule has 120 valence electrons. The Morgan fingerprint density at radius 1 is 1.18 bits per heavy atom. The van der Waals surface area contributed by atoms with Crippen LogP contribution in [0.25, 0.3) is 0 Å². The van der Waals surface area contributed by atoms with Gasteiger partial charge in [0.1, 0.15) is 0 Å². The number of nitrogens with zero attached hydrogens (tertiary/aromatic N) is 2. The van der Waals surface area contributed by atoms with Crippen LogP contribution < -0.4 is 5.32 Å². The van der Waals surface area contributed by atoms with Crippen molar-refractivity contribution in [3.05, 3.63) is 28.8 Å². The molecule has 1 atom stereocenters. The SMILES string of the molecule is CC[N+](CC)(CC)C(C)C(=O)Nc1c(C)cc(C#N)cc1C. The second-order valence-electron chi connectivity index (χ2n) is 5.93. The number of nitriles is 1. The lowest BCUT2D eigenvalue weighted by Gasteiger charge is -2.40. The van der Waals surface area contributed by atoms with E-state index < -0.39 is 0 Å². The average molecular weight is 302 g/mol. The molecule has 0 bridgehead atoms. The van der Waals surface area contributed by atoms with Gasteiger partial charge in [0.05, 0.1) is 31.3 Å². The maximum absolute atomic E-state index is 12.7. The normalized spacial score (nSPS) is 12.6. The number of carbonyl (C=O) groups is 1. The van der Waals surface area contributed by atoms with Gasteiger partial charge in [-0.15, -0.1) is 0 Å². The molecule has 0 aliphatic carbocycles. The van der Waals surface area contributed by atoms with E-state index in [1.54, 1.807) is 0 Å². The van der Waals surface area contributed by atoms with E-state index in [2.05, 4.69) is 32.2 Å². The van der Waals surface area contributed by atoms with E-state index in [0.717, 1.165) is 40.9 Å². The van der Waals surface area contributed by atoms with Crippen LogP contribution in [0.3, 0.4) is 0 Å². The zero-order valence-electron chi connectivity index (χ0n) is 14.7. The van der Waals surface area contributed by atoms with E-state index in [1.807, 2.05) is 32.9 Å². The van der Waals surface area contributed by atoms with Crippen molar-refractivity contribution in [2.75, 3.05) is 25.0 Å². The predicted molar refractivity (Wildman–Crippen MR) is 90.6 cm³/mol. The Morgan fingerprint density at radius 3 is 2.00 bits per heavy atom. The number of rotatable bonds is 6. The number of nitrogens with one attached hydrogen (secondary N) is 1. The molecule has 4 nitrogen and oxygen atoms in total. The number of amides is 1. The lowest BCUT2D eigenvalue weighted by molar-refractivity contribution is -0.936. The first-order chi connectivity index (χ1) is 10.3. The van der Waals surface area contributed by atoms with Gasteiger partial charge in [-0.1, -0.05) is 0 Å². The molecule has 22 heavy (non-hydrogen) atoms. The van der Waals surface area contributed by atoms with Crippen LogP contribution in [0.5, 0.6) is 0 Å². The minimum Gasteiger partial charge on any atom is -0.320 e. The second-order valence-corrected chi connectivity index (χ2v) is 5.93. The van der Waals surface area contributed by atoms with Gasteiger partial charge >= 0.3 is 0 Å². The number of hydrogen-bond donors (Lipinski definition) is 1. The fourth-order valence-electron chi connectivity index (χ4n) is 3.19. The van der Waals surface area contributed by atoms with Gasteiger partial charge < -0.3 is 9.80 Å². The van der Waals surface area contributed by atoms with Crippen LogP contribution in [0.1, 0.15) is 44.4 Å². The highest BCUT2D eigenvalue weighted by atomic mass is 16.2. The zero-order chi connectivity index (χ0) is 16.9. The largest absolute Gasteiger partial charge is 0.320 e. The van der Waals surface area contributed by atoms with Crippen LogP contribution in [0, 0.1) is 25.2 Å². The molecule has 1 aromatic rings. The van der Waals surface area contributed by atoms with Gasteiger partial charge in [-0.3, -0.25) is 4.79 Å². The Balaban J connectivity index is 3.06. The third-order valence-corrected chi connectivity index (χ3v) is 5.00. The van der Waals surface area contributed by atoms with E-state index >= 15 is 0 Å². The maximum Gasteiger partial charge on any atom is 0.282 e.